The number of hydrogen-bond acceptors (Lipinski definition) is 3. The van der Waals surface area contributed by atoms with Crippen molar-refractivity contribution >= 4 is 23.2 Å². The molecule has 3 rings (SSSR count). The second-order valence-electron chi connectivity index (χ2n) is 4.18. The highest BCUT2D eigenvalue weighted by atomic mass is 16.2. The maximum absolute atomic E-state index is 12.3. The summed E-state index contributed by atoms with van der Waals surface area (Å²) < 4.78 is 1.67. The van der Waals surface area contributed by atoms with Gasteiger partial charge in [0.15, 0.2) is 5.78 Å². The average molecular weight is 241 g/mol. The Labute approximate surface area is 103 Å². The maximum atomic E-state index is 12.3. The molecule has 0 radical (unpaired) electrons. The van der Waals surface area contributed by atoms with Gasteiger partial charge in [-0.1, -0.05) is 12.1 Å². The van der Waals surface area contributed by atoms with Gasteiger partial charge in [-0.3, -0.25) is 14.0 Å². The smallest absolute Gasteiger partial charge is 0.236 e. The number of aromatic nitrogens is 2. The zero-order valence-corrected chi connectivity index (χ0v) is 9.59. The molecular weight excluding hydrogens is 230 g/mol. The number of pyridine rings is 1. The average Bonchev–Trinajstić information content (AvgIpc) is 2.76. The van der Waals surface area contributed by atoms with E-state index >= 15 is 0 Å². The number of nitrogens with one attached hydrogen (secondary N) is 1. The molecule has 1 atom stereocenters. The lowest BCUT2D eigenvalue weighted by molar-refractivity contribution is -0.118. The molecule has 0 bridgehead atoms. The first kappa shape index (κ1) is 10.7. The number of ketones is 1. The van der Waals surface area contributed by atoms with Crippen molar-refractivity contribution in [2.75, 3.05) is 5.32 Å². The Balaban J connectivity index is 2.25. The van der Waals surface area contributed by atoms with Crippen LogP contribution in [0.4, 0.5) is 5.82 Å². The number of rotatable bonds is 2. The Bertz CT molecular complexity index is 672. The molecule has 1 N–H and O–H groups in total. The predicted octanol–water partition coefficient (Wildman–Crippen LogP) is 1.66. The molecule has 90 valence electrons. The zero-order chi connectivity index (χ0) is 12.7. The van der Waals surface area contributed by atoms with Crippen molar-refractivity contribution in [3.63, 3.8) is 0 Å². The Kier molecular flexibility index (Phi) is 2.26. The van der Waals surface area contributed by atoms with Crippen LogP contribution in [-0.4, -0.2) is 21.1 Å². The molecule has 0 saturated heterocycles. The fourth-order valence-electron chi connectivity index (χ4n) is 2.20. The van der Waals surface area contributed by atoms with E-state index in [1.807, 2.05) is 0 Å². The lowest BCUT2D eigenvalue weighted by Gasteiger charge is -2.08. The molecule has 0 saturated carbocycles. The van der Waals surface area contributed by atoms with Gasteiger partial charge in [0, 0.05) is 0 Å². The normalized spacial score (nSPS) is 18.6. The summed E-state index contributed by atoms with van der Waals surface area (Å²) in [6.07, 6.45) is 3.42. The van der Waals surface area contributed by atoms with Gasteiger partial charge in [0.05, 0.1) is 6.20 Å². The summed E-state index contributed by atoms with van der Waals surface area (Å²) >= 11 is 0. The minimum Gasteiger partial charge on any atom is -0.311 e. The number of amides is 1. The molecule has 5 heteroatoms. The van der Waals surface area contributed by atoms with Crippen LogP contribution in [0.25, 0.3) is 5.65 Å². The van der Waals surface area contributed by atoms with Crippen LogP contribution < -0.4 is 5.32 Å². The lowest BCUT2D eigenvalue weighted by atomic mass is 9.97. The highest BCUT2D eigenvalue weighted by Gasteiger charge is 2.32. The molecule has 0 fully saturated rings. The topological polar surface area (TPSA) is 63.5 Å². The second-order valence-corrected chi connectivity index (χ2v) is 4.18. The van der Waals surface area contributed by atoms with Gasteiger partial charge in [-0.25, -0.2) is 4.98 Å². The van der Waals surface area contributed by atoms with E-state index in [4.69, 9.17) is 0 Å². The van der Waals surface area contributed by atoms with Crippen molar-refractivity contribution in [3.8, 4) is 0 Å². The standard InChI is InChI=1S/C13H11N3O2/c1-2-4-8-12(17)9-7-14-10-5-3-6-11(16(9)10)15-13(8)18/h2-3,5-8H,1,4H2,(H,15,18). The van der Waals surface area contributed by atoms with Gasteiger partial charge in [0.2, 0.25) is 5.91 Å². The number of nitrogens with zero attached hydrogens (tertiary/aromatic N) is 2. The van der Waals surface area contributed by atoms with Gasteiger partial charge in [0.25, 0.3) is 0 Å². The third kappa shape index (κ3) is 1.37. The minimum absolute atomic E-state index is 0.218. The third-order valence-corrected chi connectivity index (χ3v) is 3.07. The second kappa shape index (κ2) is 3.80. The van der Waals surface area contributed by atoms with Crippen LogP contribution in [0.3, 0.4) is 0 Å². The van der Waals surface area contributed by atoms with E-state index in [1.165, 1.54) is 6.20 Å². The summed E-state index contributed by atoms with van der Waals surface area (Å²) in [5, 5.41) is 2.75. The van der Waals surface area contributed by atoms with Crippen molar-refractivity contribution in [2.24, 2.45) is 5.92 Å². The van der Waals surface area contributed by atoms with E-state index in [1.54, 1.807) is 28.7 Å². The molecule has 0 spiro atoms. The number of Topliss-reactive ketones (excluding diaryl/α,β-unsaturated/α-hetero) is 1. The van der Waals surface area contributed by atoms with Crippen molar-refractivity contribution < 1.29 is 9.59 Å². The van der Waals surface area contributed by atoms with Crippen molar-refractivity contribution in [3.05, 3.63) is 42.7 Å². The van der Waals surface area contributed by atoms with Crippen LogP contribution in [0.1, 0.15) is 16.9 Å². The summed E-state index contributed by atoms with van der Waals surface area (Å²) in [7, 11) is 0. The van der Waals surface area contributed by atoms with Crippen molar-refractivity contribution in [1.29, 1.82) is 0 Å². The van der Waals surface area contributed by atoms with Gasteiger partial charge >= 0.3 is 0 Å². The number of anilines is 1. The first-order chi connectivity index (χ1) is 8.72. The molecule has 0 aliphatic carbocycles. The molecule has 0 aromatic carbocycles. The third-order valence-electron chi connectivity index (χ3n) is 3.07. The molecule has 5 nitrogen and oxygen atoms in total. The summed E-state index contributed by atoms with van der Waals surface area (Å²) in [4.78, 5) is 28.5. The number of carbonyl (C=O) groups is 2. The molecule has 2 aromatic heterocycles. The van der Waals surface area contributed by atoms with Gasteiger partial charge in [0.1, 0.15) is 23.1 Å². The molecule has 2 aromatic rings. The van der Waals surface area contributed by atoms with Gasteiger partial charge in [-0.15, -0.1) is 6.58 Å². The van der Waals surface area contributed by atoms with E-state index in [2.05, 4.69) is 16.9 Å². The Morgan fingerprint density at radius 3 is 3.06 bits per heavy atom. The largest absolute Gasteiger partial charge is 0.311 e. The van der Waals surface area contributed by atoms with Gasteiger partial charge in [-0.2, -0.15) is 0 Å². The van der Waals surface area contributed by atoms with Crippen LogP contribution in [0, 0.1) is 5.92 Å². The molecule has 1 unspecified atom stereocenters. The minimum atomic E-state index is -0.727. The highest BCUT2D eigenvalue weighted by Crippen LogP contribution is 2.24. The number of hydrogen-bond donors (Lipinski definition) is 1. The predicted molar refractivity (Wildman–Crippen MR) is 66.5 cm³/mol. The van der Waals surface area contributed by atoms with Crippen LogP contribution in [0.2, 0.25) is 0 Å². The van der Waals surface area contributed by atoms with E-state index in [0.717, 1.165) is 0 Å². The summed E-state index contributed by atoms with van der Waals surface area (Å²) in [6.45, 7) is 3.59. The Morgan fingerprint density at radius 1 is 1.44 bits per heavy atom. The molecule has 1 aliphatic heterocycles. The number of imidazole rings is 1. The summed E-state index contributed by atoms with van der Waals surface area (Å²) in [6, 6.07) is 5.33. The molecule has 18 heavy (non-hydrogen) atoms. The van der Waals surface area contributed by atoms with Crippen LogP contribution in [0.15, 0.2) is 37.1 Å². The fraction of sp³-hybridized carbons (Fsp3) is 0.154. The number of carbonyl (C=O) groups excluding carboxylic acids is 2. The lowest BCUT2D eigenvalue weighted by Crippen LogP contribution is -2.27. The Hall–Kier alpha value is -2.43. The molecular formula is C13H11N3O2. The quantitative estimate of drug-likeness (QED) is 0.642. The van der Waals surface area contributed by atoms with Gasteiger partial charge in [-0.05, 0) is 18.6 Å². The van der Waals surface area contributed by atoms with E-state index in [-0.39, 0.29) is 11.7 Å². The van der Waals surface area contributed by atoms with E-state index in [0.29, 0.717) is 23.6 Å². The zero-order valence-electron chi connectivity index (χ0n) is 9.59. The van der Waals surface area contributed by atoms with Crippen LogP contribution in [-0.2, 0) is 4.79 Å². The van der Waals surface area contributed by atoms with Crippen molar-refractivity contribution in [2.45, 2.75) is 6.42 Å². The van der Waals surface area contributed by atoms with E-state index < -0.39 is 5.92 Å². The fourth-order valence-corrected chi connectivity index (χ4v) is 2.20. The molecule has 3 heterocycles. The van der Waals surface area contributed by atoms with Crippen LogP contribution in [0.5, 0.6) is 0 Å². The maximum Gasteiger partial charge on any atom is 0.236 e. The first-order valence-corrected chi connectivity index (χ1v) is 5.65. The SMILES string of the molecule is C=CCC1C(=O)Nc2cccc3ncc(n23)C1=O. The van der Waals surface area contributed by atoms with Gasteiger partial charge < -0.3 is 5.32 Å². The first-order valence-electron chi connectivity index (χ1n) is 5.65. The van der Waals surface area contributed by atoms with E-state index in [9.17, 15) is 9.59 Å². The number of allylic oxidation sites excluding steroid dienone is 1. The highest BCUT2D eigenvalue weighted by molar-refractivity contribution is 6.14. The molecule has 1 aliphatic rings. The summed E-state index contributed by atoms with van der Waals surface area (Å²) in [5.74, 6) is -0.666. The molecule has 1 amide bonds. The monoisotopic (exact) mass is 241 g/mol. The van der Waals surface area contributed by atoms with Crippen molar-refractivity contribution in [1.82, 2.24) is 9.38 Å². The summed E-state index contributed by atoms with van der Waals surface area (Å²) in [5.41, 5.74) is 1.08. The Morgan fingerprint density at radius 2 is 2.28 bits per heavy atom. The van der Waals surface area contributed by atoms with Crippen LogP contribution >= 0.6 is 0 Å².